The highest BCUT2D eigenvalue weighted by molar-refractivity contribution is 9.10. The van der Waals surface area contributed by atoms with E-state index in [4.69, 9.17) is 9.47 Å². The lowest BCUT2D eigenvalue weighted by Crippen LogP contribution is -2.15. The van der Waals surface area contributed by atoms with Crippen LogP contribution in [0, 0.1) is 0 Å². The number of halogens is 1. The summed E-state index contributed by atoms with van der Waals surface area (Å²) >= 11 is 3.39. The first kappa shape index (κ1) is 15.4. The first-order chi connectivity index (χ1) is 10.1. The van der Waals surface area contributed by atoms with Gasteiger partial charge in [-0.1, -0.05) is 28.1 Å². The summed E-state index contributed by atoms with van der Waals surface area (Å²) in [5.41, 5.74) is 1.56. The minimum Gasteiger partial charge on any atom is -0.497 e. The van der Waals surface area contributed by atoms with E-state index >= 15 is 0 Å². The molecule has 0 spiro atoms. The van der Waals surface area contributed by atoms with E-state index in [-0.39, 0.29) is 5.91 Å². The molecule has 1 amide bonds. The summed E-state index contributed by atoms with van der Waals surface area (Å²) < 4.78 is 11.3. The van der Waals surface area contributed by atoms with Crippen LogP contribution in [0.15, 0.2) is 46.9 Å². The first-order valence-corrected chi connectivity index (χ1v) is 7.18. The number of nitrogens with one attached hydrogen (secondary N) is 1. The average molecular weight is 350 g/mol. The van der Waals surface area contributed by atoms with Crippen molar-refractivity contribution in [2.75, 3.05) is 19.5 Å². The van der Waals surface area contributed by atoms with E-state index in [1.54, 1.807) is 32.4 Å². The maximum Gasteiger partial charge on any atom is 0.228 e. The molecule has 1 N–H and O–H groups in total. The van der Waals surface area contributed by atoms with E-state index in [0.717, 1.165) is 10.0 Å². The first-order valence-electron chi connectivity index (χ1n) is 6.38. The molecule has 110 valence electrons. The molecule has 0 saturated heterocycles. The van der Waals surface area contributed by atoms with Gasteiger partial charge < -0.3 is 14.8 Å². The lowest BCUT2D eigenvalue weighted by Gasteiger charge is -2.11. The molecule has 0 atom stereocenters. The van der Waals surface area contributed by atoms with E-state index < -0.39 is 0 Å². The van der Waals surface area contributed by atoms with Gasteiger partial charge in [0.15, 0.2) is 0 Å². The third-order valence-electron chi connectivity index (χ3n) is 2.94. The SMILES string of the molecule is COc1ccc(NC(=O)Cc2cccc(Br)c2)c(OC)c1. The van der Waals surface area contributed by atoms with E-state index in [1.165, 1.54) is 0 Å². The van der Waals surface area contributed by atoms with Crippen LogP contribution < -0.4 is 14.8 Å². The molecule has 0 fully saturated rings. The number of anilines is 1. The Kier molecular flexibility index (Phi) is 5.22. The van der Waals surface area contributed by atoms with Gasteiger partial charge in [-0.2, -0.15) is 0 Å². The van der Waals surface area contributed by atoms with Gasteiger partial charge >= 0.3 is 0 Å². The monoisotopic (exact) mass is 349 g/mol. The molecule has 0 heterocycles. The molecule has 4 nitrogen and oxygen atoms in total. The summed E-state index contributed by atoms with van der Waals surface area (Å²) in [6.45, 7) is 0. The molecule has 0 aliphatic rings. The molecule has 0 saturated carbocycles. The van der Waals surface area contributed by atoms with Crippen molar-refractivity contribution in [3.63, 3.8) is 0 Å². The van der Waals surface area contributed by atoms with Crippen LogP contribution in [0.2, 0.25) is 0 Å². The summed E-state index contributed by atoms with van der Waals surface area (Å²) in [4.78, 5) is 12.1. The van der Waals surface area contributed by atoms with Gasteiger partial charge in [-0.3, -0.25) is 4.79 Å². The van der Waals surface area contributed by atoms with E-state index in [1.807, 2.05) is 24.3 Å². The van der Waals surface area contributed by atoms with E-state index in [0.29, 0.717) is 23.6 Å². The second kappa shape index (κ2) is 7.13. The zero-order valence-electron chi connectivity index (χ0n) is 11.9. The van der Waals surface area contributed by atoms with Crippen molar-refractivity contribution in [2.24, 2.45) is 0 Å². The number of ether oxygens (including phenoxy) is 2. The average Bonchev–Trinajstić information content (AvgIpc) is 2.47. The lowest BCUT2D eigenvalue weighted by atomic mass is 10.1. The summed E-state index contributed by atoms with van der Waals surface area (Å²) in [5, 5.41) is 2.85. The van der Waals surface area contributed by atoms with E-state index in [9.17, 15) is 4.79 Å². The highest BCUT2D eigenvalue weighted by Crippen LogP contribution is 2.29. The van der Waals surface area contributed by atoms with Crippen LogP contribution in [0.3, 0.4) is 0 Å². The fourth-order valence-corrected chi connectivity index (χ4v) is 2.38. The fraction of sp³-hybridized carbons (Fsp3) is 0.188. The molecule has 2 aromatic carbocycles. The van der Waals surface area contributed by atoms with E-state index in [2.05, 4.69) is 21.2 Å². The zero-order valence-corrected chi connectivity index (χ0v) is 13.4. The van der Waals surface area contributed by atoms with Crippen LogP contribution in [-0.2, 0) is 11.2 Å². The highest BCUT2D eigenvalue weighted by atomic mass is 79.9. The molecule has 0 aliphatic carbocycles. The molecule has 0 unspecified atom stereocenters. The molecule has 0 aromatic heterocycles. The van der Waals surface area contributed by atoms with Crippen molar-refractivity contribution in [3.8, 4) is 11.5 Å². The normalized spacial score (nSPS) is 10.0. The fourth-order valence-electron chi connectivity index (χ4n) is 1.93. The van der Waals surface area contributed by atoms with Gasteiger partial charge in [0, 0.05) is 10.5 Å². The van der Waals surface area contributed by atoms with Crippen LogP contribution in [0.4, 0.5) is 5.69 Å². The predicted octanol–water partition coefficient (Wildman–Crippen LogP) is 3.65. The minimum atomic E-state index is -0.100. The maximum atomic E-state index is 12.1. The number of carbonyl (C=O) groups excluding carboxylic acids is 1. The molecule has 5 heteroatoms. The molecule has 0 bridgehead atoms. The minimum absolute atomic E-state index is 0.100. The Labute approximate surface area is 132 Å². The number of benzene rings is 2. The van der Waals surface area contributed by atoms with Crippen LogP contribution in [0.25, 0.3) is 0 Å². The Morgan fingerprint density at radius 3 is 2.62 bits per heavy atom. The lowest BCUT2D eigenvalue weighted by molar-refractivity contribution is -0.115. The van der Waals surface area contributed by atoms with Gasteiger partial charge in [0.25, 0.3) is 0 Å². The van der Waals surface area contributed by atoms with Crippen molar-refractivity contribution in [1.82, 2.24) is 0 Å². The summed E-state index contributed by atoms with van der Waals surface area (Å²) in [5.74, 6) is 1.14. The van der Waals surface area contributed by atoms with Gasteiger partial charge in [-0.05, 0) is 29.8 Å². The molecule has 0 aliphatic heterocycles. The number of methoxy groups -OCH3 is 2. The zero-order chi connectivity index (χ0) is 15.2. The van der Waals surface area contributed by atoms with Crippen molar-refractivity contribution >= 4 is 27.5 Å². The largest absolute Gasteiger partial charge is 0.497 e. The van der Waals surface area contributed by atoms with Gasteiger partial charge in [-0.25, -0.2) is 0 Å². The number of hydrogen-bond donors (Lipinski definition) is 1. The van der Waals surface area contributed by atoms with Gasteiger partial charge in [-0.15, -0.1) is 0 Å². The highest BCUT2D eigenvalue weighted by Gasteiger charge is 2.09. The second-order valence-electron chi connectivity index (χ2n) is 4.42. The standard InChI is InChI=1S/C16H16BrNO3/c1-20-13-6-7-14(15(10-13)21-2)18-16(19)9-11-4-3-5-12(17)8-11/h3-8,10H,9H2,1-2H3,(H,18,19). The van der Waals surface area contributed by atoms with Crippen LogP contribution in [0.5, 0.6) is 11.5 Å². The summed E-state index contributed by atoms with van der Waals surface area (Å²) in [6, 6.07) is 12.9. The Hall–Kier alpha value is -2.01. The summed E-state index contributed by atoms with van der Waals surface area (Å²) in [7, 11) is 3.14. The Morgan fingerprint density at radius 2 is 1.95 bits per heavy atom. The summed E-state index contributed by atoms with van der Waals surface area (Å²) in [6.07, 6.45) is 0.300. The molecular weight excluding hydrogens is 334 g/mol. The molecular formula is C16H16BrNO3. The van der Waals surface area contributed by atoms with Crippen molar-refractivity contribution < 1.29 is 14.3 Å². The molecule has 2 rings (SSSR count). The number of hydrogen-bond acceptors (Lipinski definition) is 3. The Morgan fingerprint density at radius 1 is 1.14 bits per heavy atom. The van der Waals surface area contributed by atoms with Gasteiger partial charge in [0.05, 0.1) is 26.3 Å². The van der Waals surface area contributed by atoms with Gasteiger partial charge in [0.1, 0.15) is 11.5 Å². The topological polar surface area (TPSA) is 47.6 Å². The Bertz CT molecular complexity index is 643. The second-order valence-corrected chi connectivity index (χ2v) is 5.34. The molecule has 2 aromatic rings. The van der Waals surface area contributed by atoms with Crippen LogP contribution in [-0.4, -0.2) is 20.1 Å². The Balaban J connectivity index is 2.09. The van der Waals surface area contributed by atoms with Crippen molar-refractivity contribution in [3.05, 3.63) is 52.5 Å². The quantitative estimate of drug-likeness (QED) is 0.896. The van der Waals surface area contributed by atoms with Gasteiger partial charge in [0.2, 0.25) is 5.91 Å². The van der Waals surface area contributed by atoms with Crippen LogP contribution >= 0.6 is 15.9 Å². The predicted molar refractivity (Wildman–Crippen MR) is 86.0 cm³/mol. The van der Waals surface area contributed by atoms with Crippen molar-refractivity contribution in [1.29, 1.82) is 0 Å². The third-order valence-corrected chi connectivity index (χ3v) is 3.43. The maximum absolute atomic E-state index is 12.1. The molecule has 21 heavy (non-hydrogen) atoms. The molecule has 0 radical (unpaired) electrons. The number of amides is 1. The number of carbonyl (C=O) groups is 1. The third kappa shape index (κ3) is 4.23. The number of rotatable bonds is 5. The smallest absolute Gasteiger partial charge is 0.228 e. The van der Waals surface area contributed by atoms with Crippen LogP contribution in [0.1, 0.15) is 5.56 Å². The van der Waals surface area contributed by atoms with Crippen molar-refractivity contribution in [2.45, 2.75) is 6.42 Å².